The van der Waals surface area contributed by atoms with Crippen molar-refractivity contribution >= 4 is 28.9 Å². The molecule has 102 valence electrons. The normalized spacial score (nSPS) is 10.2. The van der Waals surface area contributed by atoms with E-state index in [0.29, 0.717) is 0 Å². The summed E-state index contributed by atoms with van der Waals surface area (Å²) in [5, 5.41) is 26.8. The quantitative estimate of drug-likeness (QED) is 0.433. The first kappa shape index (κ1) is 14.5. The van der Waals surface area contributed by atoms with Gasteiger partial charge in [0, 0.05) is 0 Å². The lowest BCUT2D eigenvalue weighted by atomic mass is 9.97. The van der Waals surface area contributed by atoms with Crippen LogP contribution in [0.5, 0.6) is 0 Å². The summed E-state index contributed by atoms with van der Waals surface area (Å²) >= 11 is 0. The minimum Gasteiger partial charge on any atom is -0.402 e. The van der Waals surface area contributed by atoms with Gasteiger partial charge in [-0.3, -0.25) is 0 Å². The molecule has 3 rings (SSSR count). The first-order chi connectivity index (χ1) is 9.49. The lowest BCUT2D eigenvalue weighted by Crippen LogP contribution is -2.07. The van der Waals surface area contributed by atoms with Gasteiger partial charge in [-0.1, -0.05) is 36.4 Å². The second-order valence-electron chi connectivity index (χ2n) is 4.77. The third-order valence-corrected chi connectivity index (χ3v) is 3.43. The second-order valence-corrected chi connectivity index (χ2v) is 4.77. The van der Waals surface area contributed by atoms with Gasteiger partial charge in [0.25, 0.3) is 0 Å². The van der Waals surface area contributed by atoms with E-state index in [2.05, 4.69) is 62.4 Å². The van der Waals surface area contributed by atoms with Crippen molar-refractivity contribution < 1.29 is 15.1 Å². The van der Waals surface area contributed by atoms with Crippen molar-refractivity contribution in [1.29, 1.82) is 0 Å². The molecule has 0 aliphatic carbocycles. The van der Waals surface area contributed by atoms with Gasteiger partial charge in [-0.25, -0.2) is 0 Å². The summed E-state index contributed by atoms with van der Waals surface area (Å²) in [7, 11) is -2.17. The summed E-state index contributed by atoms with van der Waals surface area (Å²) in [5.74, 6) is 0. The molecule has 0 unspecified atom stereocenters. The van der Waals surface area contributed by atoms with E-state index < -0.39 is 7.32 Å². The van der Waals surface area contributed by atoms with Crippen molar-refractivity contribution in [2.75, 3.05) is 0 Å². The predicted molar refractivity (Wildman–Crippen MR) is 83.3 cm³/mol. The zero-order valence-corrected chi connectivity index (χ0v) is 11.5. The van der Waals surface area contributed by atoms with Crippen LogP contribution in [0.1, 0.15) is 11.1 Å². The molecule has 0 saturated heterocycles. The van der Waals surface area contributed by atoms with E-state index in [1.165, 1.54) is 32.7 Å². The summed E-state index contributed by atoms with van der Waals surface area (Å²) in [4.78, 5) is 0. The standard InChI is InChI=1S/C16H14.BH3O3/c1-11-7-8-15-9-13-5-3-4-6-14(13)10-16(15)12(11)2;2-1(3)4/h3-10H,1-2H3;2-4H. The number of benzene rings is 3. The molecule has 0 fully saturated rings. The fourth-order valence-electron chi connectivity index (χ4n) is 2.27. The minimum atomic E-state index is -2.17. The monoisotopic (exact) mass is 268 g/mol. The zero-order valence-electron chi connectivity index (χ0n) is 11.5. The summed E-state index contributed by atoms with van der Waals surface area (Å²) in [5.41, 5.74) is 2.76. The van der Waals surface area contributed by atoms with Crippen LogP contribution in [0, 0.1) is 13.8 Å². The maximum atomic E-state index is 7.17. The molecular formula is C16H17BO3. The topological polar surface area (TPSA) is 60.7 Å². The maximum Gasteiger partial charge on any atom is 0.631 e. The summed E-state index contributed by atoms with van der Waals surface area (Å²) in [6.07, 6.45) is 0. The largest absolute Gasteiger partial charge is 0.631 e. The highest BCUT2D eigenvalue weighted by atomic mass is 16.5. The molecule has 20 heavy (non-hydrogen) atoms. The number of fused-ring (bicyclic) bond motifs is 2. The molecule has 3 nitrogen and oxygen atoms in total. The van der Waals surface area contributed by atoms with Crippen molar-refractivity contribution in [2.45, 2.75) is 13.8 Å². The third kappa shape index (κ3) is 3.17. The van der Waals surface area contributed by atoms with Gasteiger partial charge < -0.3 is 15.1 Å². The highest BCUT2D eigenvalue weighted by molar-refractivity contribution is 6.30. The Morgan fingerprint density at radius 1 is 0.750 bits per heavy atom. The van der Waals surface area contributed by atoms with Crippen molar-refractivity contribution in [3.05, 3.63) is 59.7 Å². The van der Waals surface area contributed by atoms with Gasteiger partial charge in [-0.2, -0.15) is 0 Å². The lowest BCUT2D eigenvalue weighted by molar-refractivity contribution is 0.278. The molecule has 0 atom stereocenters. The van der Waals surface area contributed by atoms with E-state index in [4.69, 9.17) is 15.1 Å². The smallest absolute Gasteiger partial charge is 0.402 e. The summed E-state index contributed by atoms with van der Waals surface area (Å²) in [6, 6.07) is 17.5. The predicted octanol–water partition coefficient (Wildman–Crippen LogP) is 2.56. The van der Waals surface area contributed by atoms with Gasteiger partial charge in [0.1, 0.15) is 0 Å². The number of hydrogen-bond acceptors (Lipinski definition) is 3. The Morgan fingerprint density at radius 3 is 1.90 bits per heavy atom. The zero-order chi connectivity index (χ0) is 14.7. The molecule has 0 heterocycles. The lowest BCUT2D eigenvalue weighted by Gasteiger charge is -2.07. The summed E-state index contributed by atoms with van der Waals surface area (Å²) in [6.45, 7) is 4.37. The molecule has 0 saturated carbocycles. The Morgan fingerprint density at radius 2 is 1.30 bits per heavy atom. The van der Waals surface area contributed by atoms with E-state index in [9.17, 15) is 0 Å². The Balaban J connectivity index is 0.000000328. The van der Waals surface area contributed by atoms with Gasteiger partial charge in [0.2, 0.25) is 0 Å². The van der Waals surface area contributed by atoms with Crippen LogP contribution in [-0.2, 0) is 0 Å². The first-order valence-corrected chi connectivity index (χ1v) is 6.42. The van der Waals surface area contributed by atoms with Gasteiger partial charge in [-0.05, 0) is 58.7 Å². The van der Waals surface area contributed by atoms with Crippen molar-refractivity contribution in [3.8, 4) is 0 Å². The molecule has 4 heteroatoms. The van der Waals surface area contributed by atoms with Crippen LogP contribution in [0.15, 0.2) is 48.5 Å². The third-order valence-electron chi connectivity index (χ3n) is 3.43. The molecular weight excluding hydrogens is 251 g/mol. The van der Waals surface area contributed by atoms with Gasteiger partial charge >= 0.3 is 7.32 Å². The Bertz CT molecular complexity index is 735. The first-order valence-electron chi connectivity index (χ1n) is 6.42. The van der Waals surface area contributed by atoms with Crippen LogP contribution in [0.2, 0.25) is 0 Å². The number of aryl methyl sites for hydroxylation is 2. The van der Waals surface area contributed by atoms with Crippen molar-refractivity contribution in [2.24, 2.45) is 0 Å². The fraction of sp³-hybridized carbons (Fsp3) is 0.125. The van der Waals surface area contributed by atoms with E-state index in [-0.39, 0.29) is 0 Å². The molecule has 0 spiro atoms. The fourth-order valence-corrected chi connectivity index (χ4v) is 2.27. The van der Waals surface area contributed by atoms with Crippen LogP contribution < -0.4 is 0 Å². The summed E-state index contributed by atoms with van der Waals surface area (Å²) < 4.78 is 0. The van der Waals surface area contributed by atoms with Crippen molar-refractivity contribution in [1.82, 2.24) is 0 Å². The van der Waals surface area contributed by atoms with Gasteiger partial charge in [0.15, 0.2) is 0 Å². The van der Waals surface area contributed by atoms with E-state index in [0.717, 1.165) is 0 Å². The molecule has 3 N–H and O–H groups in total. The molecule has 0 amide bonds. The van der Waals surface area contributed by atoms with Crippen molar-refractivity contribution in [3.63, 3.8) is 0 Å². The van der Waals surface area contributed by atoms with Crippen LogP contribution in [-0.4, -0.2) is 22.4 Å². The Hall–Kier alpha value is -1.88. The van der Waals surface area contributed by atoms with E-state index >= 15 is 0 Å². The minimum absolute atomic E-state index is 1.32. The van der Waals surface area contributed by atoms with Crippen LogP contribution in [0.3, 0.4) is 0 Å². The van der Waals surface area contributed by atoms with Crippen LogP contribution >= 0.6 is 0 Å². The number of rotatable bonds is 0. The van der Waals surface area contributed by atoms with Crippen LogP contribution in [0.4, 0.5) is 0 Å². The highest BCUT2D eigenvalue weighted by Crippen LogP contribution is 2.26. The molecule has 0 aliphatic rings. The Labute approximate surface area is 118 Å². The SMILES string of the molecule is Cc1ccc2cc3ccccc3cc2c1C.OB(O)O. The molecule has 3 aromatic rings. The number of hydrogen-bond donors (Lipinski definition) is 3. The molecule has 0 aromatic heterocycles. The van der Waals surface area contributed by atoms with Crippen LogP contribution in [0.25, 0.3) is 21.5 Å². The average Bonchev–Trinajstić information content (AvgIpc) is 2.41. The second kappa shape index (κ2) is 6.05. The average molecular weight is 268 g/mol. The molecule has 0 radical (unpaired) electrons. The van der Waals surface area contributed by atoms with E-state index in [1.807, 2.05) is 0 Å². The van der Waals surface area contributed by atoms with Gasteiger partial charge in [0.05, 0.1) is 0 Å². The molecule has 0 aliphatic heterocycles. The maximum absolute atomic E-state index is 7.17. The molecule has 3 aromatic carbocycles. The highest BCUT2D eigenvalue weighted by Gasteiger charge is 2.02. The molecule has 0 bridgehead atoms. The van der Waals surface area contributed by atoms with E-state index in [1.54, 1.807) is 0 Å². The Kier molecular flexibility index (Phi) is 4.40. The van der Waals surface area contributed by atoms with Gasteiger partial charge in [-0.15, -0.1) is 0 Å².